The standard InChI is InChI=1S/C30H41N3O6/c1-20-14-24(16-23-18-32(19-25(23)37-21(2)34)27(35)38-29(3,4)5)31-26(15-20)33(28(36)39-30(6,7)8)17-22-12-10-9-11-13-22/h9-15,23,25H,16-19H2,1-8H3. The molecule has 2 atom stereocenters. The van der Waals surface area contributed by atoms with E-state index < -0.39 is 35.5 Å². The third-order valence-electron chi connectivity index (χ3n) is 5.90. The lowest BCUT2D eigenvalue weighted by atomic mass is 9.98. The van der Waals surface area contributed by atoms with Crippen molar-refractivity contribution >= 4 is 24.0 Å². The molecule has 0 radical (unpaired) electrons. The van der Waals surface area contributed by atoms with Gasteiger partial charge in [-0.25, -0.2) is 14.6 Å². The van der Waals surface area contributed by atoms with Crippen molar-refractivity contribution in [2.45, 2.75) is 85.7 Å². The number of nitrogens with zero attached hydrogens (tertiary/aromatic N) is 3. The van der Waals surface area contributed by atoms with E-state index in [9.17, 15) is 14.4 Å². The molecule has 3 rings (SSSR count). The molecule has 0 bridgehead atoms. The van der Waals surface area contributed by atoms with Gasteiger partial charge in [-0.3, -0.25) is 9.69 Å². The van der Waals surface area contributed by atoms with Crippen LogP contribution < -0.4 is 4.90 Å². The lowest BCUT2D eigenvalue weighted by Crippen LogP contribution is -2.37. The molecule has 1 aromatic carbocycles. The molecule has 212 valence electrons. The highest BCUT2D eigenvalue weighted by atomic mass is 16.6. The molecule has 39 heavy (non-hydrogen) atoms. The number of likely N-dealkylation sites (tertiary alicyclic amines) is 1. The summed E-state index contributed by atoms with van der Waals surface area (Å²) in [4.78, 5) is 45.8. The van der Waals surface area contributed by atoms with E-state index in [1.165, 1.54) is 11.8 Å². The molecule has 2 aromatic rings. The van der Waals surface area contributed by atoms with Crippen molar-refractivity contribution in [3.63, 3.8) is 0 Å². The average Bonchev–Trinajstić information content (AvgIpc) is 3.17. The molecule has 9 nitrogen and oxygen atoms in total. The van der Waals surface area contributed by atoms with Crippen molar-refractivity contribution in [3.8, 4) is 0 Å². The quantitative estimate of drug-likeness (QED) is 0.344. The number of esters is 1. The molecule has 2 unspecified atom stereocenters. The second-order valence-electron chi connectivity index (χ2n) is 12.0. The first kappa shape index (κ1) is 29.9. The highest BCUT2D eigenvalue weighted by molar-refractivity contribution is 5.86. The van der Waals surface area contributed by atoms with Crippen LogP contribution in [0.4, 0.5) is 15.4 Å². The maximum atomic E-state index is 13.3. The minimum Gasteiger partial charge on any atom is -0.460 e. The van der Waals surface area contributed by atoms with E-state index >= 15 is 0 Å². The summed E-state index contributed by atoms with van der Waals surface area (Å²) in [5, 5.41) is 0. The molecule has 0 aliphatic carbocycles. The van der Waals surface area contributed by atoms with Crippen molar-refractivity contribution in [3.05, 3.63) is 59.3 Å². The molecule has 9 heteroatoms. The first-order chi connectivity index (χ1) is 18.1. The van der Waals surface area contributed by atoms with Gasteiger partial charge in [0.05, 0.1) is 13.1 Å². The number of hydrogen-bond acceptors (Lipinski definition) is 7. The normalized spacial score (nSPS) is 17.5. The van der Waals surface area contributed by atoms with E-state index in [2.05, 4.69) is 0 Å². The van der Waals surface area contributed by atoms with Gasteiger partial charge in [-0.1, -0.05) is 30.3 Å². The minimum atomic E-state index is -0.676. The van der Waals surface area contributed by atoms with E-state index in [0.717, 1.165) is 16.8 Å². The van der Waals surface area contributed by atoms with Gasteiger partial charge in [0.15, 0.2) is 0 Å². The van der Waals surface area contributed by atoms with Gasteiger partial charge in [0, 0.05) is 25.1 Å². The molecule has 1 aliphatic rings. The molecule has 1 saturated heterocycles. The maximum absolute atomic E-state index is 13.3. The first-order valence-corrected chi connectivity index (χ1v) is 13.3. The number of aromatic nitrogens is 1. The van der Waals surface area contributed by atoms with Crippen LogP contribution in [0.15, 0.2) is 42.5 Å². The number of ether oxygens (including phenoxy) is 3. The molecule has 2 amide bonds. The number of carbonyl (C=O) groups is 3. The topological polar surface area (TPSA) is 98.3 Å². The molecule has 1 aromatic heterocycles. The number of amides is 2. The van der Waals surface area contributed by atoms with E-state index in [4.69, 9.17) is 19.2 Å². The lowest BCUT2D eigenvalue weighted by molar-refractivity contribution is -0.147. The van der Waals surface area contributed by atoms with Gasteiger partial charge in [-0.05, 0) is 78.1 Å². The van der Waals surface area contributed by atoms with Crippen LogP contribution in [0.25, 0.3) is 0 Å². The summed E-state index contributed by atoms with van der Waals surface area (Å²) in [6.45, 7) is 15.1. The second-order valence-corrected chi connectivity index (χ2v) is 12.0. The second kappa shape index (κ2) is 12.1. The van der Waals surface area contributed by atoms with E-state index in [1.54, 1.807) is 4.90 Å². The Balaban J connectivity index is 1.89. The van der Waals surface area contributed by atoms with Gasteiger partial charge >= 0.3 is 18.2 Å². The number of aryl methyl sites for hydroxylation is 1. The van der Waals surface area contributed by atoms with Crippen LogP contribution in [-0.2, 0) is 32.0 Å². The van der Waals surface area contributed by atoms with E-state index in [-0.39, 0.29) is 19.0 Å². The summed E-state index contributed by atoms with van der Waals surface area (Å²) in [6, 6.07) is 13.4. The number of benzene rings is 1. The molecule has 1 fully saturated rings. The largest absolute Gasteiger partial charge is 0.460 e. The summed E-state index contributed by atoms with van der Waals surface area (Å²) < 4.78 is 16.8. The molecule has 0 N–H and O–H groups in total. The van der Waals surface area contributed by atoms with Crippen LogP contribution in [-0.4, -0.2) is 58.4 Å². The number of hydrogen-bond donors (Lipinski definition) is 0. The van der Waals surface area contributed by atoms with Crippen molar-refractivity contribution < 1.29 is 28.6 Å². The minimum absolute atomic E-state index is 0.187. The monoisotopic (exact) mass is 539 g/mol. The first-order valence-electron chi connectivity index (χ1n) is 13.3. The zero-order valence-corrected chi connectivity index (χ0v) is 24.3. The Morgan fingerprint density at radius 2 is 1.62 bits per heavy atom. The van der Waals surface area contributed by atoms with Crippen LogP contribution in [0, 0.1) is 12.8 Å². The Morgan fingerprint density at radius 1 is 0.974 bits per heavy atom. The fraction of sp³-hybridized carbons (Fsp3) is 0.533. The average molecular weight is 540 g/mol. The summed E-state index contributed by atoms with van der Waals surface area (Å²) >= 11 is 0. The lowest BCUT2D eigenvalue weighted by Gasteiger charge is -2.27. The van der Waals surface area contributed by atoms with Crippen LogP contribution in [0.5, 0.6) is 0 Å². The third-order valence-corrected chi connectivity index (χ3v) is 5.90. The summed E-state index contributed by atoms with van der Waals surface area (Å²) in [7, 11) is 0. The SMILES string of the molecule is CC(=O)OC1CN(C(=O)OC(C)(C)C)CC1Cc1cc(C)cc(N(Cc2ccccc2)C(=O)OC(C)(C)C)n1. The Labute approximate surface area is 231 Å². The van der Waals surface area contributed by atoms with E-state index in [0.29, 0.717) is 18.8 Å². The number of pyridine rings is 1. The van der Waals surface area contributed by atoms with Gasteiger partial charge in [0.25, 0.3) is 0 Å². The summed E-state index contributed by atoms with van der Waals surface area (Å²) in [6.07, 6.45) is -0.990. The van der Waals surface area contributed by atoms with Crippen LogP contribution in [0.3, 0.4) is 0 Å². The molecule has 0 saturated carbocycles. The molecular weight excluding hydrogens is 498 g/mol. The van der Waals surface area contributed by atoms with Crippen LogP contribution in [0.2, 0.25) is 0 Å². The summed E-state index contributed by atoms with van der Waals surface area (Å²) in [5.74, 6) is -0.130. The van der Waals surface area contributed by atoms with Gasteiger partial charge in [0.1, 0.15) is 23.1 Å². The van der Waals surface area contributed by atoms with Crippen molar-refractivity contribution in [2.24, 2.45) is 5.92 Å². The molecule has 0 spiro atoms. The summed E-state index contributed by atoms with van der Waals surface area (Å²) in [5.41, 5.74) is 1.27. The molecule has 2 heterocycles. The number of carbonyl (C=O) groups excluding carboxylic acids is 3. The fourth-order valence-corrected chi connectivity index (χ4v) is 4.41. The molecular formula is C30H41N3O6. The highest BCUT2D eigenvalue weighted by Gasteiger charge is 2.39. The Bertz CT molecular complexity index is 1170. The maximum Gasteiger partial charge on any atom is 0.416 e. The predicted molar refractivity (Wildman–Crippen MR) is 148 cm³/mol. The Kier molecular flexibility index (Phi) is 9.25. The van der Waals surface area contributed by atoms with Gasteiger partial charge in [-0.2, -0.15) is 0 Å². The highest BCUT2D eigenvalue weighted by Crippen LogP contribution is 2.28. The smallest absolute Gasteiger partial charge is 0.416 e. The third kappa shape index (κ3) is 9.26. The van der Waals surface area contributed by atoms with Gasteiger partial charge < -0.3 is 19.1 Å². The van der Waals surface area contributed by atoms with Crippen LogP contribution >= 0.6 is 0 Å². The molecule has 1 aliphatic heterocycles. The Hall–Kier alpha value is -3.62. The van der Waals surface area contributed by atoms with Crippen molar-refractivity contribution in [1.29, 1.82) is 0 Å². The van der Waals surface area contributed by atoms with Gasteiger partial charge in [-0.15, -0.1) is 0 Å². The van der Waals surface area contributed by atoms with Gasteiger partial charge in [0.2, 0.25) is 0 Å². The number of anilines is 1. The zero-order valence-electron chi connectivity index (χ0n) is 24.3. The zero-order chi connectivity index (χ0) is 29.0. The van der Waals surface area contributed by atoms with E-state index in [1.807, 2.05) is 90.9 Å². The fourth-order valence-electron chi connectivity index (χ4n) is 4.41. The van der Waals surface area contributed by atoms with Crippen molar-refractivity contribution in [1.82, 2.24) is 9.88 Å². The predicted octanol–water partition coefficient (Wildman–Crippen LogP) is 5.67. The number of rotatable bonds is 6. The van der Waals surface area contributed by atoms with Crippen LogP contribution in [0.1, 0.15) is 65.3 Å². The Morgan fingerprint density at radius 3 is 2.21 bits per heavy atom. The van der Waals surface area contributed by atoms with Crippen molar-refractivity contribution in [2.75, 3.05) is 18.0 Å².